The van der Waals surface area contributed by atoms with Crippen molar-refractivity contribution in [3.05, 3.63) is 0 Å². The Labute approximate surface area is 94.6 Å². The van der Waals surface area contributed by atoms with Crippen molar-refractivity contribution in [2.45, 2.75) is 32.2 Å². The molecule has 0 bridgehead atoms. The number of carboxylic acids is 1. The molecule has 2 aliphatic rings. The van der Waals surface area contributed by atoms with Gasteiger partial charge in [0.25, 0.3) is 0 Å². The molecule has 2 atom stereocenters. The summed E-state index contributed by atoms with van der Waals surface area (Å²) in [7, 11) is 0. The van der Waals surface area contributed by atoms with E-state index in [1.54, 1.807) is 0 Å². The number of aliphatic carboxylic acids is 1. The Bertz CT molecular complexity index is 312. The smallest absolute Gasteiger partial charge is 0.311 e. The number of hydrogen-bond acceptors (Lipinski definition) is 3. The second-order valence-electron chi connectivity index (χ2n) is 5.00. The SMILES string of the molecule is CC1CCNC1C(=O)NCC1(C(=O)O)CC1. The van der Waals surface area contributed by atoms with Crippen LogP contribution in [-0.4, -0.2) is 36.1 Å². The Morgan fingerprint density at radius 2 is 2.19 bits per heavy atom. The quantitative estimate of drug-likeness (QED) is 0.629. The molecule has 5 nitrogen and oxygen atoms in total. The molecule has 0 spiro atoms. The van der Waals surface area contributed by atoms with Gasteiger partial charge in [-0.15, -0.1) is 0 Å². The van der Waals surface area contributed by atoms with Crippen LogP contribution in [0.15, 0.2) is 0 Å². The molecule has 2 fully saturated rings. The average molecular weight is 226 g/mol. The fourth-order valence-electron chi connectivity index (χ4n) is 2.17. The molecule has 1 amide bonds. The maximum absolute atomic E-state index is 11.8. The van der Waals surface area contributed by atoms with Gasteiger partial charge < -0.3 is 15.7 Å². The number of rotatable bonds is 4. The summed E-state index contributed by atoms with van der Waals surface area (Å²) >= 11 is 0. The van der Waals surface area contributed by atoms with E-state index in [0.717, 1.165) is 13.0 Å². The molecule has 1 aliphatic heterocycles. The molecule has 0 aromatic rings. The molecule has 3 N–H and O–H groups in total. The minimum atomic E-state index is -0.791. The first kappa shape index (κ1) is 11.4. The highest BCUT2D eigenvalue weighted by Gasteiger charge is 2.50. The van der Waals surface area contributed by atoms with Gasteiger partial charge in [0.15, 0.2) is 0 Å². The summed E-state index contributed by atoms with van der Waals surface area (Å²) in [5.74, 6) is -0.516. The van der Waals surface area contributed by atoms with Crippen LogP contribution in [0.5, 0.6) is 0 Å². The summed E-state index contributed by atoms with van der Waals surface area (Å²) in [6.45, 7) is 3.17. The minimum absolute atomic E-state index is 0.0578. The number of amides is 1. The Morgan fingerprint density at radius 3 is 2.62 bits per heavy atom. The van der Waals surface area contributed by atoms with Crippen LogP contribution in [0.1, 0.15) is 26.2 Å². The van der Waals surface area contributed by atoms with Crippen molar-refractivity contribution in [3.63, 3.8) is 0 Å². The molecule has 0 aromatic heterocycles. The van der Waals surface area contributed by atoms with Crippen molar-refractivity contribution in [1.82, 2.24) is 10.6 Å². The molecule has 1 saturated heterocycles. The first-order chi connectivity index (χ1) is 7.55. The molecule has 90 valence electrons. The van der Waals surface area contributed by atoms with E-state index in [1.165, 1.54) is 0 Å². The van der Waals surface area contributed by atoms with Crippen molar-refractivity contribution in [1.29, 1.82) is 0 Å². The van der Waals surface area contributed by atoms with E-state index >= 15 is 0 Å². The van der Waals surface area contributed by atoms with Crippen molar-refractivity contribution in [2.24, 2.45) is 11.3 Å². The summed E-state index contributed by atoms with van der Waals surface area (Å²) < 4.78 is 0. The summed E-state index contributed by atoms with van der Waals surface area (Å²) in [6.07, 6.45) is 2.36. The lowest BCUT2D eigenvalue weighted by Gasteiger charge is -2.17. The fraction of sp³-hybridized carbons (Fsp3) is 0.818. The van der Waals surface area contributed by atoms with Gasteiger partial charge in [-0.1, -0.05) is 6.92 Å². The normalized spacial score (nSPS) is 31.1. The zero-order chi connectivity index (χ0) is 11.8. The third-order valence-electron chi connectivity index (χ3n) is 3.72. The van der Waals surface area contributed by atoms with Crippen LogP contribution in [0.4, 0.5) is 0 Å². The zero-order valence-corrected chi connectivity index (χ0v) is 9.45. The monoisotopic (exact) mass is 226 g/mol. The van der Waals surface area contributed by atoms with Crippen molar-refractivity contribution < 1.29 is 14.7 Å². The maximum atomic E-state index is 11.8. The number of carbonyl (C=O) groups excluding carboxylic acids is 1. The lowest BCUT2D eigenvalue weighted by molar-refractivity contribution is -0.143. The molecule has 2 rings (SSSR count). The van der Waals surface area contributed by atoms with E-state index in [-0.39, 0.29) is 18.5 Å². The van der Waals surface area contributed by atoms with Crippen molar-refractivity contribution in [3.8, 4) is 0 Å². The van der Waals surface area contributed by atoms with Gasteiger partial charge in [0, 0.05) is 6.54 Å². The number of nitrogens with one attached hydrogen (secondary N) is 2. The minimum Gasteiger partial charge on any atom is -0.481 e. The summed E-state index contributed by atoms with van der Waals surface area (Å²) in [4.78, 5) is 22.7. The largest absolute Gasteiger partial charge is 0.481 e. The molecule has 0 aromatic carbocycles. The van der Waals surface area contributed by atoms with Gasteiger partial charge in [-0.2, -0.15) is 0 Å². The average Bonchev–Trinajstić information content (AvgIpc) is 2.92. The van der Waals surface area contributed by atoms with E-state index in [9.17, 15) is 9.59 Å². The van der Waals surface area contributed by atoms with Crippen LogP contribution >= 0.6 is 0 Å². The Kier molecular flexibility index (Phi) is 2.88. The van der Waals surface area contributed by atoms with E-state index in [0.29, 0.717) is 18.8 Å². The molecule has 2 unspecified atom stereocenters. The highest BCUT2D eigenvalue weighted by atomic mass is 16.4. The van der Waals surface area contributed by atoms with Gasteiger partial charge in [0.1, 0.15) is 0 Å². The van der Waals surface area contributed by atoms with Crippen LogP contribution < -0.4 is 10.6 Å². The van der Waals surface area contributed by atoms with Gasteiger partial charge in [0.2, 0.25) is 5.91 Å². The molecular formula is C11H18N2O3. The lowest BCUT2D eigenvalue weighted by atomic mass is 10.0. The first-order valence-corrected chi connectivity index (χ1v) is 5.80. The lowest BCUT2D eigenvalue weighted by Crippen LogP contribution is -2.46. The third kappa shape index (κ3) is 2.04. The van der Waals surface area contributed by atoms with E-state index < -0.39 is 11.4 Å². The van der Waals surface area contributed by atoms with Crippen LogP contribution in [-0.2, 0) is 9.59 Å². The molecular weight excluding hydrogens is 208 g/mol. The highest BCUT2D eigenvalue weighted by molar-refractivity contribution is 5.84. The van der Waals surface area contributed by atoms with Gasteiger partial charge in [0.05, 0.1) is 11.5 Å². The van der Waals surface area contributed by atoms with E-state index in [2.05, 4.69) is 10.6 Å². The van der Waals surface area contributed by atoms with E-state index in [1.807, 2.05) is 6.92 Å². The first-order valence-electron chi connectivity index (χ1n) is 5.80. The van der Waals surface area contributed by atoms with Gasteiger partial charge >= 0.3 is 5.97 Å². The predicted molar refractivity (Wildman–Crippen MR) is 57.9 cm³/mol. The molecule has 1 aliphatic carbocycles. The standard InChI is InChI=1S/C11H18N2O3/c1-7-2-5-12-8(7)9(14)13-6-11(3-4-11)10(15)16/h7-8,12H,2-6H2,1H3,(H,13,14)(H,15,16). The molecule has 1 heterocycles. The summed E-state index contributed by atoms with van der Waals surface area (Å²) in [5, 5.41) is 14.9. The van der Waals surface area contributed by atoms with Gasteiger partial charge in [-0.25, -0.2) is 0 Å². The fourth-order valence-corrected chi connectivity index (χ4v) is 2.17. The zero-order valence-electron chi connectivity index (χ0n) is 9.45. The summed E-state index contributed by atoms with van der Waals surface area (Å²) in [5.41, 5.74) is -0.669. The number of carbonyl (C=O) groups is 2. The second-order valence-corrected chi connectivity index (χ2v) is 5.00. The molecule has 5 heteroatoms. The van der Waals surface area contributed by atoms with Crippen LogP contribution in [0.25, 0.3) is 0 Å². The highest BCUT2D eigenvalue weighted by Crippen LogP contribution is 2.45. The van der Waals surface area contributed by atoms with Crippen molar-refractivity contribution >= 4 is 11.9 Å². The third-order valence-corrected chi connectivity index (χ3v) is 3.72. The number of hydrogen-bond donors (Lipinski definition) is 3. The predicted octanol–water partition coefficient (Wildman–Crippen LogP) is -0.0346. The maximum Gasteiger partial charge on any atom is 0.311 e. The van der Waals surface area contributed by atoms with Crippen molar-refractivity contribution in [2.75, 3.05) is 13.1 Å². The second kappa shape index (κ2) is 4.05. The van der Waals surface area contributed by atoms with Crippen LogP contribution in [0.3, 0.4) is 0 Å². The van der Waals surface area contributed by atoms with Gasteiger partial charge in [-0.3, -0.25) is 9.59 Å². The molecule has 16 heavy (non-hydrogen) atoms. The summed E-state index contributed by atoms with van der Waals surface area (Å²) in [6, 6.07) is -0.149. The Balaban J connectivity index is 1.82. The van der Waals surface area contributed by atoms with Gasteiger partial charge in [-0.05, 0) is 31.7 Å². The van der Waals surface area contributed by atoms with Crippen LogP contribution in [0.2, 0.25) is 0 Å². The molecule has 1 saturated carbocycles. The molecule has 0 radical (unpaired) electrons. The van der Waals surface area contributed by atoms with Crippen LogP contribution in [0, 0.1) is 11.3 Å². The Morgan fingerprint density at radius 1 is 1.50 bits per heavy atom. The Hall–Kier alpha value is -1.10. The number of carboxylic acid groups (broad SMARTS) is 1. The van der Waals surface area contributed by atoms with E-state index in [4.69, 9.17) is 5.11 Å². The topological polar surface area (TPSA) is 78.4 Å².